The van der Waals surface area contributed by atoms with Crippen molar-refractivity contribution in [2.24, 2.45) is 0 Å². The number of fused-ring (bicyclic) bond motifs is 1. The molecule has 2 aliphatic rings. The highest BCUT2D eigenvalue weighted by molar-refractivity contribution is 6.08. The summed E-state index contributed by atoms with van der Waals surface area (Å²) >= 11 is 0. The van der Waals surface area contributed by atoms with Gasteiger partial charge in [-0.2, -0.15) is 0 Å². The Bertz CT molecular complexity index is 1280. The maximum atomic E-state index is 12.9. The molecule has 9 nitrogen and oxygen atoms in total. The monoisotopic (exact) mass is 460 g/mol. The van der Waals surface area contributed by atoms with Gasteiger partial charge in [0.15, 0.2) is 0 Å². The summed E-state index contributed by atoms with van der Waals surface area (Å²) in [5.74, 6) is -0.199. The highest BCUT2D eigenvalue weighted by Crippen LogP contribution is 2.26. The fourth-order valence-corrected chi connectivity index (χ4v) is 4.46. The molecule has 174 valence electrons. The molecule has 0 saturated carbocycles. The van der Waals surface area contributed by atoms with Gasteiger partial charge in [-0.05, 0) is 43.3 Å². The van der Waals surface area contributed by atoms with Gasteiger partial charge in [-0.25, -0.2) is 4.79 Å². The fourth-order valence-electron chi connectivity index (χ4n) is 4.46. The summed E-state index contributed by atoms with van der Waals surface area (Å²) in [4.78, 5) is 41.5. The zero-order valence-corrected chi connectivity index (χ0v) is 18.6. The molecule has 2 aliphatic heterocycles. The van der Waals surface area contributed by atoms with E-state index in [9.17, 15) is 14.4 Å². The van der Waals surface area contributed by atoms with Crippen LogP contribution in [0.3, 0.4) is 0 Å². The van der Waals surface area contributed by atoms with Crippen LogP contribution < -0.4 is 20.7 Å². The molecule has 3 heterocycles. The second-order valence-electron chi connectivity index (χ2n) is 8.48. The van der Waals surface area contributed by atoms with Gasteiger partial charge in [0.25, 0.3) is 11.8 Å². The summed E-state index contributed by atoms with van der Waals surface area (Å²) in [6.45, 7) is 2.76. The zero-order valence-electron chi connectivity index (χ0n) is 18.6. The summed E-state index contributed by atoms with van der Waals surface area (Å²) in [5.41, 5.74) is 2.08. The molecule has 2 aromatic carbocycles. The number of imide groups is 1. The fraction of sp³-hybridized carbons (Fsp3) is 0.280. The first-order valence-corrected chi connectivity index (χ1v) is 11.0. The van der Waals surface area contributed by atoms with Crippen molar-refractivity contribution in [3.63, 3.8) is 0 Å². The lowest BCUT2D eigenvalue weighted by molar-refractivity contribution is -0.128. The average Bonchev–Trinajstić information content (AvgIpc) is 3.12. The number of aromatic nitrogens is 1. The van der Waals surface area contributed by atoms with Gasteiger partial charge in [0.1, 0.15) is 17.9 Å². The number of carbonyl (C=O) groups excluding carboxylic acids is 3. The predicted octanol–water partition coefficient (Wildman–Crippen LogP) is 2.22. The van der Waals surface area contributed by atoms with Crippen LogP contribution in [0.1, 0.15) is 28.0 Å². The molecule has 0 aliphatic carbocycles. The number of carbonyl (C=O) groups is 3. The highest BCUT2D eigenvalue weighted by atomic mass is 16.5. The molecule has 5 rings (SSSR count). The molecule has 4 amide bonds. The molecular weight excluding hydrogens is 436 g/mol. The van der Waals surface area contributed by atoms with Gasteiger partial charge in [-0.15, -0.1) is 0 Å². The van der Waals surface area contributed by atoms with Gasteiger partial charge >= 0.3 is 6.03 Å². The SMILES string of the molecule is Cc1cc(COc2ccc(C(=O)NC3COCCC34NC(=O)NC4=O)cc2)c2ccccc2n1. The standard InChI is InChI=1S/C25H24N4O5/c1-15-12-17(19-4-2-3-5-20(19)26-15)13-34-18-8-6-16(7-9-18)22(30)27-21-14-33-11-10-25(21)23(31)28-24(32)29-25/h2-9,12,21H,10-11,13-14H2,1H3,(H,27,30)(H2,28,29,31,32). The van der Waals surface area contributed by atoms with Crippen molar-refractivity contribution in [3.8, 4) is 5.75 Å². The molecule has 3 aromatic rings. The second-order valence-corrected chi connectivity index (χ2v) is 8.48. The third kappa shape index (κ3) is 4.06. The summed E-state index contributed by atoms with van der Waals surface area (Å²) in [6, 6.07) is 15.4. The predicted molar refractivity (Wildman–Crippen MR) is 123 cm³/mol. The zero-order chi connectivity index (χ0) is 23.7. The lowest BCUT2D eigenvalue weighted by Crippen LogP contribution is -2.66. The minimum atomic E-state index is -1.19. The van der Waals surface area contributed by atoms with Gasteiger partial charge < -0.3 is 20.1 Å². The first kappa shape index (κ1) is 21.8. The molecule has 9 heteroatoms. The minimum absolute atomic E-state index is 0.125. The van der Waals surface area contributed by atoms with Crippen LogP contribution in [0, 0.1) is 6.92 Å². The van der Waals surface area contributed by atoms with E-state index in [0.717, 1.165) is 22.2 Å². The maximum absolute atomic E-state index is 12.9. The number of nitrogens with one attached hydrogen (secondary N) is 3. The van der Waals surface area contributed by atoms with Crippen LogP contribution in [0.2, 0.25) is 0 Å². The van der Waals surface area contributed by atoms with Crippen LogP contribution in [0.4, 0.5) is 4.79 Å². The quantitative estimate of drug-likeness (QED) is 0.503. The molecule has 2 atom stereocenters. The minimum Gasteiger partial charge on any atom is -0.489 e. The summed E-state index contributed by atoms with van der Waals surface area (Å²) in [6.07, 6.45) is 0.283. The maximum Gasteiger partial charge on any atom is 0.322 e. The Balaban J connectivity index is 1.26. The Morgan fingerprint density at radius 1 is 1.21 bits per heavy atom. The Kier molecular flexibility index (Phi) is 5.62. The number of hydrogen-bond donors (Lipinski definition) is 3. The number of benzene rings is 2. The molecule has 2 saturated heterocycles. The molecule has 0 radical (unpaired) electrons. The number of amides is 4. The number of urea groups is 1. The van der Waals surface area contributed by atoms with E-state index in [0.29, 0.717) is 24.5 Å². The number of ether oxygens (including phenoxy) is 2. The Morgan fingerprint density at radius 3 is 2.76 bits per heavy atom. The van der Waals surface area contributed by atoms with Crippen LogP contribution in [-0.4, -0.2) is 47.6 Å². The molecule has 2 unspecified atom stereocenters. The largest absolute Gasteiger partial charge is 0.489 e. The van der Waals surface area contributed by atoms with Gasteiger partial charge in [0.2, 0.25) is 0 Å². The first-order chi connectivity index (χ1) is 16.4. The van der Waals surface area contributed by atoms with E-state index in [1.807, 2.05) is 37.3 Å². The van der Waals surface area contributed by atoms with E-state index in [4.69, 9.17) is 9.47 Å². The molecular formula is C25H24N4O5. The van der Waals surface area contributed by atoms with Crippen molar-refractivity contribution in [3.05, 3.63) is 71.4 Å². The van der Waals surface area contributed by atoms with Crippen LogP contribution in [0.5, 0.6) is 5.75 Å². The average molecular weight is 460 g/mol. The molecule has 2 fully saturated rings. The number of aryl methyl sites for hydroxylation is 1. The lowest BCUT2D eigenvalue weighted by atomic mass is 9.85. The smallest absolute Gasteiger partial charge is 0.322 e. The molecule has 3 N–H and O–H groups in total. The van der Waals surface area contributed by atoms with Crippen LogP contribution in [0.25, 0.3) is 10.9 Å². The third-order valence-corrected chi connectivity index (χ3v) is 6.24. The highest BCUT2D eigenvalue weighted by Gasteiger charge is 2.54. The van der Waals surface area contributed by atoms with E-state index < -0.39 is 23.5 Å². The molecule has 34 heavy (non-hydrogen) atoms. The van der Waals surface area contributed by atoms with Crippen molar-refractivity contribution < 1.29 is 23.9 Å². The van der Waals surface area contributed by atoms with Gasteiger partial charge in [0.05, 0.1) is 18.2 Å². The van der Waals surface area contributed by atoms with Crippen molar-refractivity contribution in [1.82, 2.24) is 20.9 Å². The van der Waals surface area contributed by atoms with Crippen LogP contribution in [-0.2, 0) is 16.1 Å². The summed E-state index contributed by atoms with van der Waals surface area (Å²) in [5, 5.41) is 8.79. The number of pyridine rings is 1. The normalized spacial score (nSPS) is 21.9. The third-order valence-electron chi connectivity index (χ3n) is 6.24. The number of rotatable bonds is 5. The van der Waals surface area contributed by atoms with Crippen LogP contribution >= 0.6 is 0 Å². The molecule has 0 bridgehead atoms. The van der Waals surface area contributed by atoms with Gasteiger partial charge in [-0.3, -0.25) is 19.9 Å². The van der Waals surface area contributed by atoms with Crippen molar-refractivity contribution in [1.29, 1.82) is 0 Å². The van der Waals surface area contributed by atoms with E-state index in [1.165, 1.54) is 0 Å². The first-order valence-electron chi connectivity index (χ1n) is 11.0. The van der Waals surface area contributed by atoms with Crippen molar-refractivity contribution >= 4 is 28.7 Å². The summed E-state index contributed by atoms with van der Waals surface area (Å²) < 4.78 is 11.4. The van der Waals surface area contributed by atoms with Gasteiger partial charge in [0, 0.05) is 35.2 Å². The molecule has 1 aromatic heterocycles. The van der Waals surface area contributed by atoms with E-state index in [1.54, 1.807) is 24.3 Å². The van der Waals surface area contributed by atoms with Crippen molar-refractivity contribution in [2.45, 2.75) is 31.5 Å². The second kappa shape index (κ2) is 8.75. The summed E-state index contributed by atoms with van der Waals surface area (Å²) in [7, 11) is 0. The van der Waals surface area contributed by atoms with E-state index in [-0.39, 0.29) is 18.9 Å². The molecule has 1 spiro atoms. The Hall–Kier alpha value is -3.98. The topological polar surface area (TPSA) is 119 Å². The number of nitrogens with zero attached hydrogens (tertiary/aromatic N) is 1. The van der Waals surface area contributed by atoms with Crippen molar-refractivity contribution in [2.75, 3.05) is 13.2 Å². The number of para-hydroxylation sites is 1. The van der Waals surface area contributed by atoms with Crippen LogP contribution in [0.15, 0.2) is 54.6 Å². The lowest BCUT2D eigenvalue weighted by Gasteiger charge is -2.38. The van der Waals surface area contributed by atoms with E-state index >= 15 is 0 Å². The Labute approximate surface area is 195 Å². The van der Waals surface area contributed by atoms with Gasteiger partial charge in [-0.1, -0.05) is 18.2 Å². The van der Waals surface area contributed by atoms with E-state index in [2.05, 4.69) is 20.9 Å². The Morgan fingerprint density at radius 2 is 2.00 bits per heavy atom. The number of hydrogen-bond acceptors (Lipinski definition) is 6.